The predicted octanol–water partition coefficient (Wildman–Crippen LogP) is 2.23. The van der Waals surface area contributed by atoms with E-state index in [0.717, 1.165) is 22.4 Å². The highest BCUT2D eigenvalue weighted by Gasteiger charge is 2.11. The van der Waals surface area contributed by atoms with Crippen molar-refractivity contribution < 1.29 is 9.47 Å². The second-order valence-electron chi connectivity index (χ2n) is 4.74. The van der Waals surface area contributed by atoms with E-state index in [1.54, 1.807) is 7.11 Å². The molecule has 1 aromatic rings. The molecule has 19 heavy (non-hydrogen) atoms. The van der Waals surface area contributed by atoms with Crippen LogP contribution in [0, 0.1) is 5.92 Å². The van der Waals surface area contributed by atoms with Gasteiger partial charge in [-0.3, -0.25) is 0 Å². The van der Waals surface area contributed by atoms with Gasteiger partial charge in [0.1, 0.15) is 11.6 Å². The van der Waals surface area contributed by atoms with Gasteiger partial charge < -0.3 is 15.2 Å². The van der Waals surface area contributed by atoms with E-state index in [1.807, 2.05) is 0 Å². The number of ether oxygens (including phenoxy) is 2. The molecule has 0 spiro atoms. The Bertz CT molecular complexity index is 400. The molecule has 1 heterocycles. The van der Waals surface area contributed by atoms with Crippen molar-refractivity contribution in [3.63, 3.8) is 0 Å². The van der Waals surface area contributed by atoms with Crippen molar-refractivity contribution in [2.75, 3.05) is 32.7 Å². The highest BCUT2D eigenvalue weighted by Crippen LogP contribution is 2.23. The topological polar surface area (TPSA) is 70.3 Å². The van der Waals surface area contributed by atoms with Gasteiger partial charge in [0, 0.05) is 13.5 Å². The highest BCUT2D eigenvalue weighted by molar-refractivity contribution is 9.10. The lowest BCUT2D eigenvalue weighted by molar-refractivity contribution is 0.0716. The molecule has 2 N–H and O–H groups in total. The fourth-order valence-electron chi connectivity index (χ4n) is 1.61. The molecule has 1 aromatic heterocycles. The summed E-state index contributed by atoms with van der Waals surface area (Å²) in [6, 6.07) is 0. The molecule has 0 aromatic carbocycles. The molecule has 108 valence electrons. The molecule has 0 atom stereocenters. The van der Waals surface area contributed by atoms with Crippen LogP contribution in [0.15, 0.2) is 4.47 Å². The Hall–Kier alpha value is -0.720. The number of methoxy groups -OCH3 is 1. The van der Waals surface area contributed by atoms with Crippen molar-refractivity contribution in [1.82, 2.24) is 9.97 Å². The van der Waals surface area contributed by atoms with Gasteiger partial charge in [0.05, 0.1) is 30.0 Å². The third-order valence-electron chi connectivity index (χ3n) is 2.50. The first-order valence-electron chi connectivity index (χ1n) is 6.42. The van der Waals surface area contributed by atoms with Crippen LogP contribution in [0.25, 0.3) is 0 Å². The first-order chi connectivity index (χ1) is 9.04. The molecular formula is C13H22BrN3O2. The van der Waals surface area contributed by atoms with Crippen LogP contribution in [0.3, 0.4) is 0 Å². The SMILES string of the molecule is COCCOCCc1nc(N)c(Br)c(CC(C)C)n1. The van der Waals surface area contributed by atoms with Gasteiger partial charge in [0.15, 0.2) is 0 Å². The van der Waals surface area contributed by atoms with Gasteiger partial charge in [-0.2, -0.15) is 0 Å². The summed E-state index contributed by atoms with van der Waals surface area (Å²) in [6.45, 7) is 6.06. The number of aromatic nitrogens is 2. The first-order valence-corrected chi connectivity index (χ1v) is 7.21. The summed E-state index contributed by atoms with van der Waals surface area (Å²) in [6.07, 6.45) is 1.54. The summed E-state index contributed by atoms with van der Waals surface area (Å²) < 4.78 is 11.1. The first kappa shape index (κ1) is 16.3. The summed E-state index contributed by atoms with van der Waals surface area (Å²) in [5.74, 6) is 1.75. The fraction of sp³-hybridized carbons (Fsp3) is 0.692. The van der Waals surface area contributed by atoms with E-state index in [0.29, 0.717) is 38.0 Å². The average Bonchev–Trinajstić information content (AvgIpc) is 2.34. The number of hydrogen-bond donors (Lipinski definition) is 1. The zero-order chi connectivity index (χ0) is 14.3. The van der Waals surface area contributed by atoms with E-state index in [-0.39, 0.29) is 0 Å². The third kappa shape index (κ3) is 5.84. The van der Waals surface area contributed by atoms with Crippen LogP contribution >= 0.6 is 15.9 Å². The van der Waals surface area contributed by atoms with Gasteiger partial charge >= 0.3 is 0 Å². The monoisotopic (exact) mass is 331 g/mol. The van der Waals surface area contributed by atoms with E-state index < -0.39 is 0 Å². The third-order valence-corrected chi connectivity index (χ3v) is 3.36. The number of nitrogens with zero attached hydrogens (tertiary/aromatic N) is 2. The molecule has 0 aliphatic heterocycles. The lowest BCUT2D eigenvalue weighted by Crippen LogP contribution is -2.11. The summed E-state index contributed by atoms with van der Waals surface area (Å²) >= 11 is 3.45. The van der Waals surface area contributed by atoms with Crippen molar-refractivity contribution in [3.05, 3.63) is 16.0 Å². The van der Waals surface area contributed by atoms with Gasteiger partial charge in [-0.15, -0.1) is 0 Å². The maximum Gasteiger partial charge on any atom is 0.141 e. The minimum atomic E-state index is 0.498. The number of halogens is 1. The number of nitrogen functional groups attached to an aromatic ring is 1. The zero-order valence-electron chi connectivity index (χ0n) is 11.8. The van der Waals surface area contributed by atoms with E-state index in [2.05, 4.69) is 39.7 Å². The molecule has 0 fully saturated rings. The van der Waals surface area contributed by atoms with Gasteiger partial charge in [-0.1, -0.05) is 13.8 Å². The Morgan fingerprint density at radius 3 is 2.58 bits per heavy atom. The molecule has 5 nitrogen and oxygen atoms in total. The van der Waals surface area contributed by atoms with E-state index >= 15 is 0 Å². The standard InChI is InChI=1S/C13H22BrN3O2/c1-9(2)8-10-12(14)13(15)17-11(16-10)4-5-19-7-6-18-3/h9H,4-8H2,1-3H3,(H2,15,16,17). The number of rotatable bonds is 8. The second kappa shape index (κ2) is 8.45. The molecule has 1 rings (SSSR count). The normalized spacial score (nSPS) is 11.2. The summed E-state index contributed by atoms with van der Waals surface area (Å²) in [7, 11) is 1.65. The molecule has 0 aliphatic rings. The van der Waals surface area contributed by atoms with Crippen LogP contribution in [0.5, 0.6) is 0 Å². The summed E-state index contributed by atoms with van der Waals surface area (Å²) in [5.41, 5.74) is 6.86. The Kier molecular flexibility index (Phi) is 7.27. The Morgan fingerprint density at radius 1 is 1.21 bits per heavy atom. The van der Waals surface area contributed by atoms with Crippen LogP contribution in [0.1, 0.15) is 25.4 Å². The molecule has 0 bridgehead atoms. The van der Waals surface area contributed by atoms with Crippen molar-refractivity contribution in [2.24, 2.45) is 5.92 Å². The van der Waals surface area contributed by atoms with E-state index in [1.165, 1.54) is 0 Å². The van der Waals surface area contributed by atoms with Crippen molar-refractivity contribution in [3.8, 4) is 0 Å². The maximum absolute atomic E-state index is 5.89. The summed E-state index contributed by atoms with van der Waals surface area (Å²) in [5, 5.41) is 0. The van der Waals surface area contributed by atoms with Crippen LogP contribution in [-0.4, -0.2) is 36.9 Å². The average molecular weight is 332 g/mol. The lowest BCUT2D eigenvalue weighted by Gasteiger charge is -2.11. The lowest BCUT2D eigenvalue weighted by atomic mass is 10.1. The maximum atomic E-state index is 5.89. The minimum absolute atomic E-state index is 0.498. The van der Waals surface area contributed by atoms with E-state index in [9.17, 15) is 0 Å². The van der Waals surface area contributed by atoms with Crippen LogP contribution in [0.4, 0.5) is 5.82 Å². The number of nitrogens with two attached hydrogens (primary N) is 1. The highest BCUT2D eigenvalue weighted by atomic mass is 79.9. The summed E-state index contributed by atoms with van der Waals surface area (Å²) in [4.78, 5) is 8.81. The fourth-order valence-corrected chi connectivity index (χ4v) is 1.95. The van der Waals surface area contributed by atoms with Crippen LogP contribution in [-0.2, 0) is 22.3 Å². The number of hydrogen-bond acceptors (Lipinski definition) is 5. The minimum Gasteiger partial charge on any atom is -0.383 e. The Labute approximate surface area is 123 Å². The van der Waals surface area contributed by atoms with Crippen LogP contribution in [0.2, 0.25) is 0 Å². The van der Waals surface area contributed by atoms with Crippen molar-refractivity contribution in [2.45, 2.75) is 26.7 Å². The van der Waals surface area contributed by atoms with Crippen molar-refractivity contribution >= 4 is 21.7 Å². The molecule has 0 radical (unpaired) electrons. The molecule has 0 aliphatic carbocycles. The molecular weight excluding hydrogens is 310 g/mol. The quantitative estimate of drug-likeness (QED) is 0.739. The van der Waals surface area contributed by atoms with Crippen molar-refractivity contribution in [1.29, 1.82) is 0 Å². The molecule has 0 saturated carbocycles. The zero-order valence-corrected chi connectivity index (χ0v) is 13.4. The van der Waals surface area contributed by atoms with E-state index in [4.69, 9.17) is 15.2 Å². The molecule has 0 amide bonds. The molecule has 6 heteroatoms. The molecule has 0 saturated heterocycles. The van der Waals surface area contributed by atoms with Gasteiger partial charge in [0.2, 0.25) is 0 Å². The van der Waals surface area contributed by atoms with Gasteiger partial charge in [0.25, 0.3) is 0 Å². The Morgan fingerprint density at radius 2 is 1.95 bits per heavy atom. The Balaban J connectivity index is 2.61. The van der Waals surface area contributed by atoms with Gasteiger partial charge in [-0.25, -0.2) is 9.97 Å². The smallest absolute Gasteiger partial charge is 0.141 e. The van der Waals surface area contributed by atoms with Crippen LogP contribution < -0.4 is 5.73 Å². The second-order valence-corrected chi connectivity index (χ2v) is 5.53. The number of anilines is 1. The largest absolute Gasteiger partial charge is 0.383 e. The molecule has 0 unspecified atom stereocenters. The predicted molar refractivity (Wildman–Crippen MR) is 79.1 cm³/mol. The van der Waals surface area contributed by atoms with Gasteiger partial charge in [-0.05, 0) is 28.3 Å².